The van der Waals surface area contributed by atoms with Crippen molar-refractivity contribution in [2.45, 2.75) is 33.4 Å². The van der Waals surface area contributed by atoms with Gasteiger partial charge in [0.15, 0.2) is 0 Å². The van der Waals surface area contributed by atoms with Crippen LogP contribution in [0.25, 0.3) is 11.1 Å². The van der Waals surface area contributed by atoms with Gasteiger partial charge >= 0.3 is 0 Å². The van der Waals surface area contributed by atoms with Crippen LogP contribution in [0.15, 0.2) is 48.7 Å². The van der Waals surface area contributed by atoms with Crippen molar-refractivity contribution >= 4 is 17.5 Å². The number of carbonyl (C=O) groups excluding carboxylic acids is 1. The molecule has 4 nitrogen and oxygen atoms in total. The molecule has 3 aromatic rings. The number of imidazole rings is 1. The van der Waals surface area contributed by atoms with Gasteiger partial charge in [0.25, 0.3) is 5.91 Å². The van der Waals surface area contributed by atoms with E-state index in [2.05, 4.69) is 9.97 Å². The number of carbonyl (C=O) groups is 1. The van der Waals surface area contributed by atoms with E-state index in [-0.39, 0.29) is 17.8 Å². The fourth-order valence-corrected chi connectivity index (χ4v) is 3.02. The van der Waals surface area contributed by atoms with Crippen LogP contribution in [0.4, 0.5) is 4.39 Å². The number of H-pyrrole nitrogens is 1. The van der Waals surface area contributed by atoms with Crippen molar-refractivity contribution in [3.8, 4) is 11.1 Å². The van der Waals surface area contributed by atoms with E-state index in [0.717, 1.165) is 11.1 Å². The van der Waals surface area contributed by atoms with Crippen molar-refractivity contribution < 1.29 is 9.18 Å². The van der Waals surface area contributed by atoms with E-state index in [4.69, 9.17) is 11.6 Å². The fraction of sp³-hybridized carbons (Fsp3) is 0.238. The first-order valence-corrected chi connectivity index (χ1v) is 9.10. The number of rotatable bonds is 5. The fourth-order valence-electron chi connectivity index (χ4n) is 2.89. The summed E-state index contributed by atoms with van der Waals surface area (Å²) in [7, 11) is 0. The van der Waals surface area contributed by atoms with Crippen LogP contribution in [0.5, 0.6) is 0 Å². The SMILES string of the molecule is Cc1ncc(C(=O)N(Cc2ccc(F)c(-c3ccc(Cl)cc3)c2)C(C)C)[nH]1. The van der Waals surface area contributed by atoms with Gasteiger partial charge in [0, 0.05) is 23.2 Å². The topological polar surface area (TPSA) is 49.0 Å². The first-order valence-electron chi connectivity index (χ1n) is 8.72. The molecule has 0 spiro atoms. The van der Waals surface area contributed by atoms with Gasteiger partial charge in [-0.05, 0) is 56.2 Å². The lowest BCUT2D eigenvalue weighted by molar-refractivity contribution is 0.0684. The Labute approximate surface area is 163 Å². The summed E-state index contributed by atoms with van der Waals surface area (Å²) in [6.45, 7) is 6.07. The summed E-state index contributed by atoms with van der Waals surface area (Å²) in [5.74, 6) is 0.240. The molecule has 0 saturated heterocycles. The summed E-state index contributed by atoms with van der Waals surface area (Å²) in [5.41, 5.74) is 2.52. The van der Waals surface area contributed by atoms with Crippen LogP contribution < -0.4 is 0 Å². The third-order valence-corrected chi connectivity index (χ3v) is 4.61. The molecule has 0 radical (unpaired) electrons. The summed E-state index contributed by atoms with van der Waals surface area (Å²) in [4.78, 5) is 21.6. The van der Waals surface area contributed by atoms with Gasteiger partial charge in [-0.2, -0.15) is 0 Å². The summed E-state index contributed by atoms with van der Waals surface area (Å²) >= 11 is 5.92. The first kappa shape index (κ1) is 19.1. The number of halogens is 2. The molecule has 3 rings (SSSR count). The minimum absolute atomic E-state index is 0.0230. The average Bonchev–Trinajstić information content (AvgIpc) is 3.07. The highest BCUT2D eigenvalue weighted by Crippen LogP contribution is 2.26. The van der Waals surface area contributed by atoms with E-state index in [9.17, 15) is 9.18 Å². The summed E-state index contributed by atoms with van der Waals surface area (Å²) in [5, 5.41) is 0.599. The zero-order valence-electron chi connectivity index (χ0n) is 15.5. The number of hydrogen-bond acceptors (Lipinski definition) is 2. The maximum Gasteiger partial charge on any atom is 0.272 e. The quantitative estimate of drug-likeness (QED) is 0.653. The van der Waals surface area contributed by atoms with Gasteiger partial charge in [-0.1, -0.05) is 29.8 Å². The van der Waals surface area contributed by atoms with Crippen LogP contribution >= 0.6 is 11.6 Å². The smallest absolute Gasteiger partial charge is 0.272 e. The maximum atomic E-state index is 14.4. The predicted octanol–water partition coefficient (Wildman–Crippen LogP) is 5.23. The Kier molecular flexibility index (Phi) is 5.61. The molecule has 27 heavy (non-hydrogen) atoms. The van der Waals surface area contributed by atoms with E-state index < -0.39 is 0 Å². The first-order chi connectivity index (χ1) is 12.8. The van der Waals surface area contributed by atoms with E-state index in [1.807, 2.05) is 13.8 Å². The van der Waals surface area contributed by atoms with Gasteiger partial charge in [0.2, 0.25) is 0 Å². The number of nitrogens with zero attached hydrogens (tertiary/aromatic N) is 2. The maximum absolute atomic E-state index is 14.4. The van der Waals surface area contributed by atoms with Crippen LogP contribution in [0.2, 0.25) is 5.02 Å². The molecule has 0 unspecified atom stereocenters. The normalized spacial score (nSPS) is 11.0. The zero-order valence-corrected chi connectivity index (χ0v) is 16.2. The Morgan fingerprint density at radius 1 is 1.22 bits per heavy atom. The van der Waals surface area contributed by atoms with E-state index in [1.54, 1.807) is 48.2 Å². The lowest BCUT2D eigenvalue weighted by Gasteiger charge is -2.26. The molecule has 1 amide bonds. The molecule has 2 aromatic carbocycles. The molecule has 0 aliphatic rings. The number of nitrogens with one attached hydrogen (secondary N) is 1. The standard InChI is InChI=1S/C21H21ClFN3O/c1-13(2)26(21(27)20-11-24-14(3)25-20)12-15-4-9-19(23)18(10-15)16-5-7-17(22)8-6-16/h4-11,13H,12H2,1-3H3,(H,24,25). The second kappa shape index (κ2) is 7.92. The van der Waals surface area contributed by atoms with Gasteiger partial charge in [-0.15, -0.1) is 0 Å². The number of aromatic amines is 1. The molecule has 140 valence electrons. The second-order valence-electron chi connectivity index (χ2n) is 6.73. The number of benzene rings is 2. The summed E-state index contributed by atoms with van der Waals surface area (Å²) < 4.78 is 14.4. The van der Waals surface area contributed by atoms with Crippen LogP contribution in [-0.2, 0) is 6.54 Å². The molecule has 0 atom stereocenters. The van der Waals surface area contributed by atoms with Crippen LogP contribution in [-0.4, -0.2) is 26.8 Å². The predicted molar refractivity (Wildman–Crippen MR) is 105 cm³/mol. The lowest BCUT2D eigenvalue weighted by Crippen LogP contribution is -2.36. The van der Waals surface area contributed by atoms with Crippen molar-refractivity contribution in [3.63, 3.8) is 0 Å². The third kappa shape index (κ3) is 4.37. The largest absolute Gasteiger partial charge is 0.338 e. The number of amides is 1. The molecule has 0 aliphatic carbocycles. The van der Waals surface area contributed by atoms with Gasteiger partial charge in [0.05, 0.1) is 6.20 Å². The Morgan fingerprint density at radius 2 is 1.93 bits per heavy atom. The molecular weight excluding hydrogens is 365 g/mol. The summed E-state index contributed by atoms with van der Waals surface area (Å²) in [6, 6.07) is 11.9. The van der Waals surface area contributed by atoms with E-state index >= 15 is 0 Å². The average molecular weight is 386 g/mol. The van der Waals surface area contributed by atoms with Crippen LogP contribution in [0.1, 0.15) is 35.7 Å². The Bertz CT molecular complexity index is 950. The highest BCUT2D eigenvalue weighted by molar-refractivity contribution is 6.30. The molecular formula is C21H21ClFN3O. The Hall–Kier alpha value is -2.66. The zero-order chi connectivity index (χ0) is 19.6. The molecule has 0 bridgehead atoms. The molecule has 6 heteroatoms. The molecule has 0 saturated carbocycles. The van der Waals surface area contributed by atoms with Gasteiger partial charge < -0.3 is 9.88 Å². The van der Waals surface area contributed by atoms with Crippen LogP contribution in [0, 0.1) is 12.7 Å². The van der Waals surface area contributed by atoms with Crippen molar-refractivity contribution in [1.29, 1.82) is 0 Å². The lowest BCUT2D eigenvalue weighted by atomic mass is 10.0. The molecule has 1 N–H and O–H groups in total. The van der Waals surface area contributed by atoms with Gasteiger partial charge in [-0.3, -0.25) is 4.79 Å². The number of aryl methyl sites for hydroxylation is 1. The van der Waals surface area contributed by atoms with Crippen molar-refractivity contribution in [2.24, 2.45) is 0 Å². The molecule has 1 aromatic heterocycles. The summed E-state index contributed by atoms with van der Waals surface area (Å²) in [6.07, 6.45) is 1.54. The van der Waals surface area contributed by atoms with Crippen molar-refractivity contribution in [1.82, 2.24) is 14.9 Å². The van der Waals surface area contributed by atoms with Gasteiger partial charge in [0.1, 0.15) is 17.3 Å². The molecule has 0 aliphatic heterocycles. The minimum atomic E-state index is -0.312. The van der Waals surface area contributed by atoms with E-state index in [0.29, 0.717) is 28.6 Å². The second-order valence-corrected chi connectivity index (χ2v) is 7.17. The van der Waals surface area contributed by atoms with Crippen molar-refractivity contribution in [2.75, 3.05) is 0 Å². The number of aromatic nitrogens is 2. The minimum Gasteiger partial charge on any atom is -0.338 e. The highest BCUT2D eigenvalue weighted by atomic mass is 35.5. The third-order valence-electron chi connectivity index (χ3n) is 4.36. The molecule has 1 heterocycles. The monoisotopic (exact) mass is 385 g/mol. The Balaban J connectivity index is 1.89. The van der Waals surface area contributed by atoms with E-state index in [1.165, 1.54) is 12.3 Å². The van der Waals surface area contributed by atoms with Gasteiger partial charge in [-0.25, -0.2) is 9.37 Å². The number of hydrogen-bond donors (Lipinski definition) is 1. The van der Waals surface area contributed by atoms with Crippen LogP contribution in [0.3, 0.4) is 0 Å². The Morgan fingerprint density at radius 3 is 2.52 bits per heavy atom. The highest BCUT2D eigenvalue weighted by Gasteiger charge is 2.21. The van der Waals surface area contributed by atoms with Crippen molar-refractivity contribution in [3.05, 3.63) is 76.6 Å². The molecule has 0 fully saturated rings.